The summed E-state index contributed by atoms with van der Waals surface area (Å²) in [6, 6.07) is 3.62. The van der Waals surface area contributed by atoms with E-state index in [2.05, 4.69) is 26.2 Å². The lowest BCUT2D eigenvalue weighted by Crippen LogP contribution is -2.35. The Morgan fingerprint density at radius 1 is 1.42 bits per heavy atom. The van der Waals surface area contributed by atoms with E-state index >= 15 is 0 Å². The number of amides is 1. The normalized spacial score (nSPS) is 23.1. The van der Waals surface area contributed by atoms with Crippen molar-refractivity contribution in [2.75, 3.05) is 12.4 Å². The first-order valence-electron chi connectivity index (χ1n) is 6.67. The average Bonchev–Trinajstić information content (AvgIpc) is 2.45. The Labute approximate surface area is 127 Å². The Morgan fingerprint density at radius 2 is 2.16 bits per heavy atom. The van der Waals surface area contributed by atoms with Crippen LogP contribution in [0, 0.1) is 11.8 Å². The highest BCUT2D eigenvalue weighted by molar-refractivity contribution is 9.10. The van der Waals surface area contributed by atoms with E-state index in [1.54, 1.807) is 12.3 Å². The summed E-state index contributed by atoms with van der Waals surface area (Å²) >= 11 is 9.34. The highest BCUT2D eigenvalue weighted by Gasteiger charge is 2.25. The first kappa shape index (κ1) is 14.8. The molecule has 0 aromatic carbocycles. The van der Waals surface area contributed by atoms with Gasteiger partial charge in [0.1, 0.15) is 5.69 Å². The monoisotopic (exact) mass is 344 g/mol. The van der Waals surface area contributed by atoms with Gasteiger partial charge < -0.3 is 5.32 Å². The molecule has 1 amide bonds. The molecule has 19 heavy (non-hydrogen) atoms. The van der Waals surface area contributed by atoms with Gasteiger partial charge in [0.05, 0.1) is 0 Å². The molecule has 3 nitrogen and oxygen atoms in total. The molecule has 2 rings (SSSR count). The number of aromatic nitrogens is 1. The SMILES string of the molecule is O=C(NCC1CCCCC1CCl)c1ncccc1Br. The maximum absolute atomic E-state index is 12.1. The van der Waals surface area contributed by atoms with E-state index in [0.717, 1.165) is 10.9 Å². The molecule has 104 valence electrons. The molecular formula is C14H18BrClN2O. The van der Waals surface area contributed by atoms with Gasteiger partial charge in [0.25, 0.3) is 5.91 Å². The van der Waals surface area contributed by atoms with Gasteiger partial charge in [-0.2, -0.15) is 0 Å². The predicted octanol–water partition coefficient (Wildman–Crippen LogP) is 3.62. The molecule has 0 bridgehead atoms. The highest BCUT2D eigenvalue weighted by Crippen LogP contribution is 2.30. The van der Waals surface area contributed by atoms with Gasteiger partial charge in [-0.15, -0.1) is 11.6 Å². The van der Waals surface area contributed by atoms with Gasteiger partial charge >= 0.3 is 0 Å². The maximum Gasteiger partial charge on any atom is 0.271 e. The number of hydrogen-bond acceptors (Lipinski definition) is 2. The lowest BCUT2D eigenvalue weighted by molar-refractivity contribution is 0.0931. The minimum absolute atomic E-state index is 0.119. The topological polar surface area (TPSA) is 42.0 Å². The van der Waals surface area contributed by atoms with Crippen molar-refractivity contribution in [2.45, 2.75) is 25.7 Å². The summed E-state index contributed by atoms with van der Waals surface area (Å²) in [7, 11) is 0. The molecule has 1 N–H and O–H groups in total. The largest absolute Gasteiger partial charge is 0.350 e. The second-order valence-electron chi connectivity index (χ2n) is 5.00. The average molecular weight is 346 g/mol. The van der Waals surface area contributed by atoms with E-state index in [1.807, 2.05) is 6.07 Å². The first-order chi connectivity index (χ1) is 9.22. The summed E-state index contributed by atoms with van der Waals surface area (Å²) in [6.45, 7) is 0.694. The van der Waals surface area contributed by atoms with Crippen LogP contribution in [0.5, 0.6) is 0 Å². The van der Waals surface area contributed by atoms with Crippen molar-refractivity contribution in [3.05, 3.63) is 28.5 Å². The molecule has 1 fully saturated rings. The molecular weight excluding hydrogens is 328 g/mol. The lowest BCUT2D eigenvalue weighted by Gasteiger charge is -2.30. The van der Waals surface area contributed by atoms with E-state index in [1.165, 1.54) is 19.3 Å². The van der Waals surface area contributed by atoms with Crippen molar-refractivity contribution in [2.24, 2.45) is 11.8 Å². The van der Waals surface area contributed by atoms with Crippen molar-refractivity contribution < 1.29 is 4.79 Å². The minimum Gasteiger partial charge on any atom is -0.350 e. The summed E-state index contributed by atoms with van der Waals surface area (Å²) < 4.78 is 0.727. The molecule has 1 heterocycles. The Morgan fingerprint density at radius 3 is 2.84 bits per heavy atom. The maximum atomic E-state index is 12.1. The molecule has 0 aliphatic heterocycles. The zero-order valence-corrected chi connectivity index (χ0v) is 13.1. The van der Waals surface area contributed by atoms with Crippen LogP contribution >= 0.6 is 27.5 Å². The van der Waals surface area contributed by atoms with E-state index in [-0.39, 0.29) is 5.91 Å². The Hall–Kier alpha value is -0.610. The molecule has 1 aromatic rings. The Kier molecular flexibility index (Phi) is 5.64. The van der Waals surface area contributed by atoms with Crippen LogP contribution in [0.3, 0.4) is 0 Å². The number of rotatable bonds is 4. The number of carbonyl (C=O) groups is 1. The van der Waals surface area contributed by atoms with Crippen LogP contribution in [0.1, 0.15) is 36.2 Å². The van der Waals surface area contributed by atoms with Crippen LogP contribution in [-0.2, 0) is 0 Å². The molecule has 2 atom stereocenters. The molecule has 1 saturated carbocycles. The third-order valence-corrected chi connectivity index (χ3v) is 4.80. The van der Waals surface area contributed by atoms with Crippen LogP contribution < -0.4 is 5.32 Å². The van der Waals surface area contributed by atoms with Crippen molar-refractivity contribution in [1.29, 1.82) is 0 Å². The number of pyridine rings is 1. The Bertz CT molecular complexity index is 441. The zero-order valence-electron chi connectivity index (χ0n) is 10.7. The standard InChI is InChI=1S/C14H18BrClN2O/c15-12-6-3-7-17-13(12)14(19)18-9-11-5-2-1-4-10(11)8-16/h3,6-7,10-11H,1-2,4-5,8-9H2,(H,18,19). The summed E-state index contributed by atoms with van der Waals surface area (Å²) in [5.41, 5.74) is 0.445. The van der Waals surface area contributed by atoms with E-state index in [0.29, 0.717) is 30.0 Å². The van der Waals surface area contributed by atoms with Gasteiger partial charge in [0.2, 0.25) is 0 Å². The minimum atomic E-state index is -0.119. The quantitative estimate of drug-likeness (QED) is 0.847. The Balaban J connectivity index is 1.91. The molecule has 5 heteroatoms. The number of nitrogens with one attached hydrogen (secondary N) is 1. The van der Waals surface area contributed by atoms with Gasteiger partial charge in [-0.1, -0.05) is 12.8 Å². The van der Waals surface area contributed by atoms with Crippen LogP contribution in [-0.4, -0.2) is 23.3 Å². The number of hydrogen-bond donors (Lipinski definition) is 1. The summed E-state index contributed by atoms with van der Waals surface area (Å²) in [4.78, 5) is 16.2. The lowest BCUT2D eigenvalue weighted by atomic mass is 9.80. The molecule has 1 aromatic heterocycles. The van der Waals surface area contributed by atoms with E-state index in [4.69, 9.17) is 11.6 Å². The van der Waals surface area contributed by atoms with Crippen LogP contribution in [0.2, 0.25) is 0 Å². The van der Waals surface area contributed by atoms with Crippen molar-refractivity contribution >= 4 is 33.4 Å². The van der Waals surface area contributed by atoms with Crippen LogP contribution in [0.25, 0.3) is 0 Å². The summed E-state index contributed by atoms with van der Waals surface area (Å²) in [6.07, 6.45) is 6.45. The molecule has 1 aliphatic rings. The van der Waals surface area contributed by atoms with E-state index in [9.17, 15) is 4.79 Å². The third kappa shape index (κ3) is 3.93. The number of carbonyl (C=O) groups excluding carboxylic acids is 1. The smallest absolute Gasteiger partial charge is 0.271 e. The zero-order chi connectivity index (χ0) is 13.7. The first-order valence-corrected chi connectivity index (χ1v) is 7.99. The highest BCUT2D eigenvalue weighted by atomic mass is 79.9. The van der Waals surface area contributed by atoms with Crippen molar-refractivity contribution in [3.63, 3.8) is 0 Å². The number of nitrogens with zero attached hydrogens (tertiary/aromatic N) is 1. The second-order valence-corrected chi connectivity index (χ2v) is 6.17. The molecule has 1 aliphatic carbocycles. The van der Waals surface area contributed by atoms with Crippen LogP contribution in [0.15, 0.2) is 22.8 Å². The fourth-order valence-corrected chi connectivity index (χ4v) is 3.46. The third-order valence-electron chi connectivity index (χ3n) is 3.76. The summed E-state index contributed by atoms with van der Waals surface area (Å²) in [5.74, 6) is 1.60. The van der Waals surface area contributed by atoms with Gasteiger partial charge in [-0.25, -0.2) is 4.98 Å². The van der Waals surface area contributed by atoms with E-state index < -0.39 is 0 Å². The summed E-state index contributed by atoms with van der Waals surface area (Å²) in [5, 5.41) is 2.98. The second kappa shape index (κ2) is 7.25. The molecule has 0 saturated heterocycles. The van der Waals surface area contributed by atoms with Gasteiger partial charge in [0.15, 0.2) is 0 Å². The molecule has 2 unspecified atom stereocenters. The molecule has 0 spiro atoms. The molecule has 0 radical (unpaired) electrons. The fourth-order valence-electron chi connectivity index (χ4n) is 2.62. The van der Waals surface area contributed by atoms with Gasteiger partial charge in [0, 0.05) is 23.1 Å². The van der Waals surface area contributed by atoms with Crippen molar-refractivity contribution in [1.82, 2.24) is 10.3 Å². The van der Waals surface area contributed by atoms with Gasteiger partial charge in [-0.3, -0.25) is 4.79 Å². The number of alkyl halides is 1. The van der Waals surface area contributed by atoms with Gasteiger partial charge in [-0.05, 0) is 52.7 Å². The fraction of sp³-hybridized carbons (Fsp3) is 0.571. The predicted molar refractivity (Wildman–Crippen MR) is 80.4 cm³/mol. The van der Waals surface area contributed by atoms with Crippen LogP contribution in [0.4, 0.5) is 0 Å². The van der Waals surface area contributed by atoms with Crippen molar-refractivity contribution in [3.8, 4) is 0 Å². The number of halogens is 2.